The highest BCUT2D eigenvalue weighted by Crippen LogP contribution is 2.36. The van der Waals surface area contributed by atoms with E-state index in [-0.39, 0.29) is 0 Å². The average molecular weight is 389 g/mol. The molecule has 5 heteroatoms. The molecule has 0 N–H and O–H groups in total. The van der Waals surface area contributed by atoms with Gasteiger partial charge in [0.05, 0.1) is 25.3 Å². The number of benzene rings is 2. The second-order valence-electron chi connectivity index (χ2n) is 6.36. The fraction of sp³-hybridized carbons (Fsp3) is 0.250. The van der Waals surface area contributed by atoms with Crippen LogP contribution in [0.2, 0.25) is 10.0 Å². The normalized spacial score (nSPS) is 15.7. The summed E-state index contributed by atoms with van der Waals surface area (Å²) in [4.78, 5) is 7.17. The van der Waals surface area contributed by atoms with Gasteiger partial charge in [0.25, 0.3) is 0 Å². The Bertz CT molecular complexity index is 893. The molecule has 0 atom stereocenters. The first-order chi connectivity index (χ1) is 12.1. The highest BCUT2D eigenvalue weighted by molar-refractivity contribution is 7.18. The van der Waals surface area contributed by atoms with Crippen LogP contribution in [0.4, 0.5) is 0 Å². The van der Waals surface area contributed by atoms with Gasteiger partial charge in [-0.25, -0.2) is 4.98 Å². The van der Waals surface area contributed by atoms with E-state index in [2.05, 4.69) is 35.7 Å². The highest BCUT2D eigenvalue weighted by atomic mass is 35.5. The predicted octanol–water partition coefficient (Wildman–Crippen LogP) is 6.45. The van der Waals surface area contributed by atoms with Gasteiger partial charge >= 0.3 is 0 Å². The Morgan fingerprint density at radius 2 is 1.84 bits per heavy atom. The van der Waals surface area contributed by atoms with Crippen molar-refractivity contribution in [2.24, 2.45) is 0 Å². The first kappa shape index (κ1) is 16.9. The second kappa shape index (κ2) is 6.99. The minimum Gasteiger partial charge on any atom is -0.371 e. The topological polar surface area (TPSA) is 16.1 Å². The molecule has 25 heavy (non-hydrogen) atoms. The first-order valence-corrected chi connectivity index (χ1v) is 9.94. The maximum absolute atomic E-state index is 6.14. The summed E-state index contributed by atoms with van der Waals surface area (Å²) in [5.41, 5.74) is 3.17. The van der Waals surface area contributed by atoms with Crippen LogP contribution >= 0.6 is 34.5 Å². The zero-order valence-electron chi connectivity index (χ0n) is 13.7. The molecule has 1 aliphatic rings. The fourth-order valence-electron chi connectivity index (χ4n) is 3.32. The molecule has 0 amide bonds. The number of thiazole rings is 1. The molecule has 1 aliphatic heterocycles. The number of para-hydroxylation sites is 1. The molecule has 0 aliphatic carbocycles. The highest BCUT2D eigenvalue weighted by Gasteiger charge is 2.24. The van der Waals surface area contributed by atoms with Gasteiger partial charge in [0.1, 0.15) is 0 Å². The van der Waals surface area contributed by atoms with Crippen molar-refractivity contribution >= 4 is 50.5 Å². The molecule has 0 unspecified atom stereocenters. The Labute approximate surface area is 161 Å². The van der Waals surface area contributed by atoms with Gasteiger partial charge < -0.3 is 4.90 Å². The van der Waals surface area contributed by atoms with Crippen molar-refractivity contribution < 1.29 is 0 Å². The largest absolute Gasteiger partial charge is 0.371 e. The third-order valence-corrected chi connectivity index (χ3v) is 6.73. The molecule has 2 aromatic carbocycles. The van der Waals surface area contributed by atoms with E-state index < -0.39 is 0 Å². The number of nitrogens with zero attached hydrogens (tertiary/aromatic N) is 2. The smallest absolute Gasteiger partial charge is 0.0970 e. The van der Waals surface area contributed by atoms with E-state index in [1.807, 2.05) is 29.5 Å². The van der Waals surface area contributed by atoms with Crippen molar-refractivity contribution in [2.75, 3.05) is 13.1 Å². The summed E-state index contributed by atoms with van der Waals surface area (Å²) in [7, 11) is 0. The van der Waals surface area contributed by atoms with E-state index in [4.69, 9.17) is 28.2 Å². The van der Waals surface area contributed by atoms with Gasteiger partial charge in [-0.2, -0.15) is 0 Å². The summed E-state index contributed by atoms with van der Waals surface area (Å²) in [6.07, 6.45) is 2.19. The fourth-order valence-corrected chi connectivity index (χ4v) is 4.75. The first-order valence-electron chi connectivity index (χ1n) is 8.36. The van der Waals surface area contributed by atoms with E-state index in [9.17, 15) is 0 Å². The van der Waals surface area contributed by atoms with Crippen molar-refractivity contribution in [2.45, 2.75) is 18.8 Å². The van der Waals surface area contributed by atoms with E-state index in [0.29, 0.717) is 16.0 Å². The summed E-state index contributed by atoms with van der Waals surface area (Å²) < 4.78 is 1.28. The molecule has 0 bridgehead atoms. The molecule has 1 saturated heterocycles. The second-order valence-corrected chi connectivity index (χ2v) is 8.23. The Morgan fingerprint density at radius 1 is 1.08 bits per heavy atom. The van der Waals surface area contributed by atoms with Crippen LogP contribution in [0, 0.1) is 0 Å². The SMILES string of the molecule is C=C(c1ccc(Cl)c(Cl)c1)N1CCC(c2nc3ccccc3s2)CC1. The molecule has 4 rings (SSSR count). The molecule has 2 heterocycles. The van der Waals surface area contributed by atoms with E-state index in [1.165, 1.54) is 9.71 Å². The Balaban J connectivity index is 1.45. The molecular weight excluding hydrogens is 371 g/mol. The minimum atomic E-state index is 0.537. The number of likely N-dealkylation sites (tertiary alicyclic amines) is 1. The average Bonchev–Trinajstić information content (AvgIpc) is 3.08. The van der Waals surface area contributed by atoms with Crippen LogP contribution < -0.4 is 0 Å². The van der Waals surface area contributed by atoms with Gasteiger partial charge in [-0.15, -0.1) is 11.3 Å². The molecule has 1 aromatic heterocycles. The number of piperidine rings is 1. The van der Waals surface area contributed by atoms with Gasteiger partial charge in [0.15, 0.2) is 0 Å². The monoisotopic (exact) mass is 388 g/mol. The van der Waals surface area contributed by atoms with Gasteiger partial charge in [0.2, 0.25) is 0 Å². The third-order valence-electron chi connectivity index (χ3n) is 4.79. The minimum absolute atomic E-state index is 0.537. The van der Waals surface area contributed by atoms with Crippen LogP contribution in [0.5, 0.6) is 0 Å². The summed E-state index contributed by atoms with van der Waals surface area (Å²) >= 11 is 14.0. The molecule has 2 nitrogen and oxygen atoms in total. The van der Waals surface area contributed by atoms with E-state index >= 15 is 0 Å². The number of hydrogen-bond acceptors (Lipinski definition) is 3. The summed E-state index contributed by atoms with van der Waals surface area (Å²) in [6, 6.07) is 14.1. The predicted molar refractivity (Wildman–Crippen MR) is 109 cm³/mol. The lowest BCUT2D eigenvalue weighted by Crippen LogP contribution is -2.31. The maximum Gasteiger partial charge on any atom is 0.0970 e. The zero-order valence-corrected chi connectivity index (χ0v) is 16.0. The van der Waals surface area contributed by atoms with Gasteiger partial charge in [-0.1, -0.05) is 48.0 Å². The Morgan fingerprint density at radius 3 is 2.56 bits per heavy atom. The molecule has 0 saturated carbocycles. The molecule has 3 aromatic rings. The van der Waals surface area contributed by atoms with Crippen LogP contribution in [0.1, 0.15) is 29.3 Å². The van der Waals surface area contributed by atoms with Crippen molar-refractivity contribution in [3.63, 3.8) is 0 Å². The zero-order chi connectivity index (χ0) is 17.4. The standard InChI is InChI=1S/C20H18Cl2N2S/c1-13(15-6-7-16(21)17(22)12-15)24-10-8-14(9-11-24)20-23-18-4-2-3-5-19(18)25-20/h2-7,12,14H,1,8-11H2. The lowest BCUT2D eigenvalue weighted by atomic mass is 9.96. The van der Waals surface area contributed by atoms with Gasteiger partial charge in [0, 0.05) is 24.7 Å². The summed E-state index contributed by atoms with van der Waals surface area (Å²) in [5, 5.41) is 2.42. The van der Waals surface area contributed by atoms with Crippen molar-refractivity contribution in [3.8, 4) is 0 Å². The Kier molecular flexibility index (Phi) is 4.72. The number of aromatic nitrogens is 1. The Hall–Kier alpha value is -1.55. The number of fused-ring (bicyclic) bond motifs is 1. The van der Waals surface area contributed by atoms with E-state index in [0.717, 1.165) is 42.7 Å². The van der Waals surface area contributed by atoms with Crippen molar-refractivity contribution in [1.29, 1.82) is 0 Å². The van der Waals surface area contributed by atoms with Crippen molar-refractivity contribution in [1.82, 2.24) is 9.88 Å². The molecule has 128 valence electrons. The number of hydrogen-bond donors (Lipinski definition) is 0. The van der Waals surface area contributed by atoms with Crippen LogP contribution in [0.15, 0.2) is 49.0 Å². The molecule has 1 fully saturated rings. The van der Waals surface area contributed by atoms with Crippen LogP contribution in [0.25, 0.3) is 15.9 Å². The lowest BCUT2D eigenvalue weighted by molar-refractivity contribution is 0.299. The third kappa shape index (κ3) is 3.41. The lowest BCUT2D eigenvalue weighted by Gasteiger charge is -2.34. The summed E-state index contributed by atoms with van der Waals surface area (Å²) in [6.45, 7) is 6.23. The van der Waals surface area contributed by atoms with Gasteiger partial charge in [-0.3, -0.25) is 0 Å². The van der Waals surface area contributed by atoms with Crippen molar-refractivity contribution in [3.05, 3.63) is 69.7 Å². The van der Waals surface area contributed by atoms with Crippen LogP contribution in [-0.2, 0) is 0 Å². The molecular formula is C20H18Cl2N2S. The molecule has 0 radical (unpaired) electrons. The van der Waals surface area contributed by atoms with Crippen LogP contribution in [0.3, 0.4) is 0 Å². The quantitative estimate of drug-likeness (QED) is 0.512. The molecule has 0 spiro atoms. The number of halogens is 2. The van der Waals surface area contributed by atoms with Crippen LogP contribution in [-0.4, -0.2) is 23.0 Å². The summed E-state index contributed by atoms with van der Waals surface area (Å²) in [5.74, 6) is 0.537. The van der Waals surface area contributed by atoms with E-state index in [1.54, 1.807) is 0 Å². The number of rotatable bonds is 3. The van der Waals surface area contributed by atoms with Gasteiger partial charge in [-0.05, 0) is 42.7 Å². The maximum atomic E-state index is 6.14.